The monoisotopic (exact) mass is 218 g/mol. The van der Waals surface area contributed by atoms with E-state index in [9.17, 15) is 9.59 Å². The minimum absolute atomic E-state index is 0.176. The molecule has 0 amide bonds. The molecule has 1 aromatic rings. The zero-order valence-electron chi connectivity index (χ0n) is 8.41. The van der Waals surface area contributed by atoms with Crippen molar-refractivity contribution in [2.45, 2.75) is 12.5 Å². The van der Waals surface area contributed by atoms with Gasteiger partial charge in [-0.3, -0.25) is 9.48 Å². The SMILES string of the molecule is O=C1CC=CC=C1C(C(=O)O)n1cccn1. The number of carbonyl (C=O) groups is 2. The smallest absolute Gasteiger partial charge is 0.333 e. The van der Waals surface area contributed by atoms with Gasteiger partial charge < -0.3 is 5.11 Å². The van der Waals surface area contributed by atoms with Gasteiger partial charge >= 0.3 is 5.97 Å². The van der Waals surface area contributed by atoms with Gasteiger partial charge in [-0.2, -0.15) is 5.10 Å². The van der Waals surface area contributed by atoms with E-state index >= 15 is 0 Å². The predicted molar refractivity (Wildman–Crippen MR) is 55.7 cm³/mol. The van der Waals surface area contributed by atoms with Crippen molar-refractivity contribution >= 4 is 11.8 Å². The molecule has 0 bridgehead atoms. The van der Waals surface area contributed by atoms with E-state index in [1.54, 1.807) is 18.2 Å². The molecular formula is C11H10N2O3. The lowest BCUT2D eigenvalue weighted by molar-refractivity contribution is -0.140. The van der Waals surface area contributed by atoms with Crippen molar-refractivity contribution in [3.05, 3.63) is 42.3 Å². The maximum absolute atomic E-state index is 11.6. The van der Waals surface area contributed by atoms with Gasteiger partial charge in [0.2, 0.25) is 0 Å². The number of aliphatic carboxylic acids is 1. The lowest BCUT2D eigenvalue weighted by Gasteiger charge is -2.16. The molecule has 1 atom stereocenters. The first-order valence-electron chi connectivity index (χ1n) is 4.82. The minimum Gasteiger partial charge on any atom is -0.479 e. The summed E-state index contributed by atoms with van der Waals surface area (Å²) < 4.78 is 1.27. The molecular weight excluding hydrogens is 208 g/mol. The Morgan fingerprint density at radius 2 is 2.38 bits per heavy atom. The van der Waals surface area contributed by atoms with Crippen LogP contribution >= 0.6 is 0 Å². The van der Waals surface area contributed by atoms with E-state index in [0.717, 1.165) is 0 Å². The summed E-state index contributed by atoms with van der Waals surface area (Å²) in [6, 6.07) is 0.590. The van der Waals surface area contributed by atoms with Gasteiger partial charge in [0.15, 0.2) is 11.8 Å². The standard InChI is InChI=1S/C11H10N2O3/c14-9-5-2-1-4-8(9)10(11(15)16)13-7-3-6-12-13/h1-4,6-7,10H,5H2,(H,15,16). The van der Waals surface area contributed by atoms with Gasteiger partial charge in [0.05, 0.1) is 0 Å². The Labute approximate surface area is 91.7 Å². The molecule has 1 aliphatic rings. The van der Waals surface area contributed by atoms with E-state index in [2.05, 4.69) is 5.10 Å². The van der Waals surface area contributed by atoms with Crippen LogP contribution in [-0.2, 0) is 9.59 Å². The predicted octanol–water partition coefficient (Wildman–Crippen LogP) is 0.964. The topological polar surface area (TPSA) is 72.2 Å². The molecule has 16 heavy (non-hydrogen) atoms. The Kier molecular flexibility index (Phi) is 2.68. The summed E-state index contributed by atoms with van der Waals surface area (Å²) in [5.41, 5.74) is 0.263. The highest BCUT2D eigenvalue weighted by Crippen LogP contribution is 2.22. The minimum atomic E-state index is -1.08. The van der Waals surface area contributed by atoms with Crippen molar-refractivity contribution in [3.63, 3.8) is 0 Å². The van der Waals surface area contributed by atoms with Gasteiger partial charge in [0.1, 0.15) is 0 Å². The number of Topliss-reactive ketones (excluding diaryl/α,β-unsaturated/α-hetero) is 1. The number of ketones is 1. The summed E-state index contributed by atoms with van der Waals surface area (Å²) in [6.07, 6.45) is 8.19. The van der Waals surface area contributed by atoms with Gasteiger partial charge in [-0.05, 0) is 6.07 Å². The normalized spacial score (nSPS) is 17.0. The van der Waals surface area contributed by atoms with Crippen molar-refractivity contribution in [3.8, 4) is 0 Å². The van der Waals surface area contributed by atoms with Crippen LogP contribution in [0.4, 0.5) is 0 Å². The highest BCUT2D eigenvalue weighted by atomic mass is 16.4. The van der Waals surface area contributed by atoms with Gasteiger partial charge in [-0.15, -0.1) is 0 Å². The Hall–Kier alpha value is -2.17. The molecule has 0 spiro atoms. The molecule has 1 aliphatic carbocycles. The summed E-state index contributed by atoms with van der Waals surface area (Å²) in [7, 11) is 0. The summed E-state index contributed by atoms with van der Waals surface area (Å²) in [6.45, 7) is 0. The van der Waals surface area contributed by atoms with Gasteiger partial charge in [0, 0.05) is 24.4 Å². The molecule has 0 radical (unpaired) electrons. The van der Waals surface area contributed by atoms with E-state index in [0.29, 0.717) is 0 Å². The van der Waals surface area contributed by atoms with Crippen molar-refractivity contribution in [1.29, 1.82) is 0 Å². The Morgan fingerprint density at radius 1 is 1.56 bits per heavy atom. The first-order chi connectivity index (χ1) is 7.70. The number of carboxylic acid groups (broad SMARTS) is 1. The molecule has 0 saturated carbocycles. The quantitative estimate of drug-likeness (QED) is 0.820. The number of nitrogens with zero attached hydrogens (tertiary/aromatic N) is 2. The summed E-state index contributed by atoms with van der Waals surface area (Å²) in [5, 5.41) is 13.0. The van der Waals surface area contributed by atoms with Crippen LogP contribution in [0.5, 0.6) is 0 Å². The van der Waals surface area contributed by atoms with Crippen LogP contribution in [0.1, 0.15) is 12.5 Å². The van der Waals surface area contributed by atoms with Crippen molar-refractivity contribution < 1.29 is 14.7 Å². The lowest BCUT2D eigenvalue weighted by Crippen LogP contribution is -2.26. The largest absolute Gasteiger partial charge is 0.479 e. The molecule has 5 nitrogen and oxygen atoms in total. The Balaban J connectivity index is 2.41. The van der Waals surface area contributed by atoms with Crippen LogP contribution in [0.15, 0.2) is 42.3 Å². The molecule has 2 rings (SSSR count). The zero-order chi connectivity index (χ0) is 11.5. The zero-order valence-corrected chi connectivity index (χ0v) is 8.41. The number of aromatic nitrogens is 2. The van der Waals surface area contributed by atoms with Crippen LogP contribution in [0.25, 0.3) is 0 Å². The van der Waals surface area contributed by atoms with Gasteiger partial charge in [-0.1, -0.05) is 18.2 Å². The summed E-state index contributed by atoms with van der Waals surface area (Å²) in [4.78, 5) is 22.8. The maximum atomic E-state index is 11.6. The average molecular weight is 218 g/mol. The number of carboxylic acids is 1. The second-order valence-corrected chi connectivity index (χ2v) is 3.40. The highest BCUT2D eigenvalue weighted by Gasteiger charge is 2.29. The van der Waals surface area contributed by atoms with E-state index in [1.807, 2.05) is 0 Å². The molecule has 82 valence electrons. The number of rotatable bonds is 3. The van der Waals surface area contributed by atoms with Crippen molar-refractivity contribution in [2.75, 3.05) is 0 Å². The maximum Gasteiger partial charge on any atom is 0.333 e. The first kappa shape index (κ1) is 10.4. The van der Waals surface area contributed by atoms with Gasteiger partial charge in [-0.25, -0.2) is 4.79 Å². The van der Waals surface area contributed by atoms with Crippen LogP contribution < -0.4 is 0 Å². The molecule has 5 heteroatoms. The van der Waals surface area contributed by atoms with Crippen LogP contribution in [0.2, 0.25) is 0 Å². The molecule has 0 aliphatic heterocycles. The second-order valence-electron chi connectivity index (χ2n) is 3.40. The number of hydrogen-bond acceptors (Lipinski definition) is 3. The van der Waals surface area contributed by atoms with Gasteiger partial charge in [0.25, 0.3) is 0 Å². The van der Waals surface area contributed by atoms with Crippen LogP contribution in [0, 0.1) is 0 Å². The first-order valence-corrected chi connectivity index (χ1v) is 4.82. The van der Waals surface area contributed by atoms with E-state index in [-0.39, 0.29) is 17.8 Å². The summed E-state index contributed by atoms with van der Waals surface area (Å²) in [5.74, 6) is -1.26. The fraction of sp³-hybridized carbons (Fsp3) is 0.182. The summed E-state index contributed by atoms with van der Waals surface area (Å²) >= 11 is 0. The highest BCUT2D eigenvalue weighted by molar-refractivity contribution is 6.02. The van der Waals surface area contributed by atoms with Crippen molar-refractivity contribution in [2.24, 2.45) is 0 Å². The molecule has 1 aromatic heterocycles. The van der Waals surface area contributed by atoms with E-state index in [4.69, 9.17) is 5.11 Å². The lowest BCUT2D eigenvalue weighted by atomic mass is 9.96. The van der Waals surface area contributed by atoms with E-state index < -0.39 is 12.0 Å². The molecule has 0 fully saturated rings. The Morgan fingerprint density at radius 3 is 2.94 bits per heavy atom. The molecule has 1 unspecified atom stereocenters. The third-order valence-corrected chi connectivity index (χ3v) is 2.35. The third kappa shape index (κ3) is 1.79. The number of hydrogen-bond donors (Lipinski definition) is 1. The molecule has 0 saturated heterocycles. The second kappa shape index (κ2) is 4.14. The average Bonchev–Trinajstić information content (AvgIpc) is 2.74. The molecule has 1 heterocycles. The number of carbonyl (C=O) groups excluding carboxylic acids is 1. The fourth-order valence-electron chi connectivity index (χ4n) is 1.62. The number of allylic oxidation sites excluding steroid dienone is 3. The van der Waals surface area contributed by atoms with E-state index in [1.165, 1.54) is 23.2 Å². The fourth-order valence-corrected chi connectivity index (χ4v) is 1.62. The molecule has 0 aromatic carbocycles. The van der Waals surface area contributed by atoms with Crippen molar-refractivity contribution in [1.82, 2.24) is 9.78 Å². The third-order valence-electron chi connectivity index (χ3n) is 2.35. The molecule has 1 N–H and O–H groups in total. The Bertz CT molecular complexity index is 471. The van der Waals surface area contributed by atoms with Crippen LogP contribution in [0.3, 0.4) is 0 Å². The van der Waals surface area contributed by atoms with Crippen LogP contribution in [-0.4, -0.2) is 26.6 Å².